The van der Waals surface area contributed by atoms with Crippen molar-refractivity contribution in [3.05, 3.63) is 50.8 Å². The lowest BCUT2D eigenvalue weighted by molar-refractivity contribution is -0.169. The number of piperidine rings is 1. The van der Waals surface area contributed by atoms with Crippen LogP contribution in [0.2, 0.25) is 5.02 Å². The van der Waals surface area contributed by atoms with Crippen LogP contribution in [0.25, 0.3) is 0 Å². The molecule has 1 aromatic carbocycles. The van der Waals surface area contributed by atoms with Crippen molar-refractivity contribution in [3.63, 3.8) is 0 Å². The first-order chi connectivity index (χ1) is 15.0. The number of rotatable bonds is 2. The molecule has 160 valence electrons. The SMILES string of the molecule is N#CC1C(=O)Nc2nc(N3CCC4(CC3)OCCO4)[nH]c(=O)c2C1c1cccc(Cl)c1. The quantitative estimate of drug-likeness (QED) is 0.731. The number of aromatic amines is 1. The topological polar surface area (TPSA) is 120 Å². The lowest BCUT2D eigenvalue weighted by Crippen LogP contribution is -2.46. The molecular weight excluding hydrogens is 422 g/mol. The van der Waals surface area contributed by atoms with Gasteiger partial charge in [-0.15, -0.1) is 0 Å². The van der Waals surface area contributed by atoms with Crippen molar-refractivity contribution in [2.45, 2.75) is 24.5 Å². The van der Waals surface area contributed by atoms with Crippen LogP contribution in [0.15, 0.2) is 29.1 Å². The maximum Gasteiger partial charge on any atom is 0.258 e. The molecule has 2 fully saturated rings. The normalized spacial score (nSPS) is 24.5. The fraction of sp³-hybridized carbons (Fsp3) is 0.429. The molecular formula is C21H20ClN5O4. The highest BCUT2D eigenvalue weighted by Crippen LogP contribution is 2.39. The minimum Gasteiger partial charge on any atom is -0.347 e. The van der Waals surface area contributed by atoms with Crippen LogP contribution in [-0.4, -0.2) is 48.0 Å². The molecule has 2 aromatic rings. The number of anilines is 2. The molecule has 2 saturated heterocycles. The van der Waals surface area contributed by atoms with Crippen LogP contribution in [0.4, 0.5) is 11.8 Å². The molecule has 2 N–H and O–H groups in total. The number of nitrogens with one attached hydrogen (secondary N) is 2. The number of hydrogen-bond donors (Lipinski definition) is 2. The van der Waals surface area contributed by atoms with Crippen molar-refractivity contribution in [1.82, 2.24) is 9.97 Å². The minimum absolute atomic E-state index is 0.175. The van der Waals surface area contributed by atoms with Crippen molar-refractivity contribution in [2.24, 2.45) is 5.92 Å². The van der Waals surface area contributed by atoms with Gasteiger partial charge < -0.3 is 19.7 Å². The fourth-order valence-electron chi connectivity index (χ4n) is 4.55. The molecule has 1 amide bonds. The molecule has 1 spiro atoms. The van der Waals surface area contributed by atoms with E-state index in [2.05, 4.69) is 15.3 Å². The molecule has 2 atom stereocenters. The van der Waals surface area contributed by atoms with Gasteiger partial charge in [-0.2, -0.15) is 10.2 Å². The lowest BCUT2D eigenvalue weighted by Gasteiger charge is -2.38. The first-order valence-corrected chi connectivity index (χ1v) is 10.5. The molecule has 1 aromatic heterocycles. The summed E-state index contributed by atoms with van der Waals surface area (Å²) in [6.45, 7) is 2.36. The zero-order chi connectivity index (χ0) is 21.6. The summed E-state index contributed by atoms with van der Waals surface area (Å²) in [6, 6.07) is 8.86. The van der Waals surface area contributed by atoms with Crippen LogP contribution in [0.3, 0.4) is 0 Å². The second-order valence-corrected chi connectivity index (χ2v) is 8.31. The monoisotopic (exact) mass is 441 g/mol. The predicted octanol–water partition coefficient (Wildman–Crippen LogP) is 1.99. The van der Waals surface area contributed by atoms with E-state index in [-0.39, 0.29) is 16.9 Å². The van der Waals surface area contributed by atoms with E-state index in [1.807, 2.05) is 11.0 Å². The van der Waals surface area contributed by atoms with E-state index in [9.17, 15) is 14.9 Å². The highest BCUT2D eigenvalue weighted by molar-refractivity contribution is 6.30. The third kappa shape index (κ3) is 3.47. The molecule has 3 aliphatic rings. The summed E-state index contributed by atoms with van der Waals surface area (Å²) in [5.41, 5.74) is 0.484. The Morgan fingerprint density at radius 1 is 1.23 bits per heavy atom. The Morgan fingerprint density at radius 2 is 1.97 bits per heavy atom. The van der Waals surface area contributed by atoms with Gasteiger partial charge in [0.25, 0.3) is 5.56 Å². The van der Waals surface area contributed by atoms with E-state index < -0.39 is 23.5 Å². The van der Waals surface area contributed by atoms with E-state index in [0.29, 0.717) is 55.7 Å². The second-order valence-electron chi connectivity index (χ2n) is 7.88. The van der Waals surface area contributed by atoms with E-state index in [0.717, 1.165) is 0 Å². The van der Waals surface area contributed by atoms with Crippen LogP contribution in [-0.2, 0) is 14.3 Å². The van der Waals surface area contributed by atoms with Crippen LogP contribution >= 0.6 is 11.6 Å². The first-order valence-electron chi connectivity index (χ1n) is 10.1. The summed E-state index contributed by atoms with van der Waals surface area (Å²) in [5, 5.41) is 12.7. The Kier molecular flexibility index (Phi) is 4.93. The van der Waals surface area contributed by atoms with Gasteiger partial charge in [0, 0.05) is 36.9 Å². The van der Waals surface area contributed by atoms with Gasteiger partial charge in [0.1, 0.15) is 11.7 Å². The second kappa shape index (κ2) is 7.64. The number of carbonyl (C=O) groups excluding carboxylic acids is 1. The zero-order valence-corrected chi connectivity index (χ0v) is 17.3. The van der Waals surface area contributed by atoms with Crippen LogP contribution in [0.5, 0.6) is 0 Å². The van der Waals surface area contributed by atoms with E-state index in [1.165, 1.54) is 0 Å². The summed E-state index contributed by atoms with van der Waals surface area (Å²) < 4.78 is 11.5. The summed E-state index contributed by atoms with van der Waals surface area (Å²) in [7, 11) is 0. The molecule has 10 heteroatoms. The highest BCUT2D eigenvalue weighted by Gasteiger charge is 2.42. The van der Waals surface area contributed by atoms with Gasteiger partial charge in [0.05, 0.1) is 24.8 Å². The van der Waals surface area contributed by atoms with Crippen LogP contribution in [0, 0.1) is 17.2 Å². The standard InChI is InChI=1S/C21H20ClN5O4/c22-13-3-1-2-12(10-13)15-14(11-23)18(28)24-17-16(15)19(29)26-20(25-17)27-6-4-21(5-7-27)30-8-9-31-21/h1-3,10,14-15H,4-9H2,(H2,24,25,26,28,29). The number of halogens is 1. The van der Waals surface area contributed by atoms with Gasteiger partial charge in [-0.1, -0.05) is 23.7 Å². The Balaban J connectivity index is 1.51. The van der Waals surface area contributed by atoms with Crippen molar-refractivity contribution in [2.75, 3.05) is 36.5 Å². The minimum atomic E-state index is -1.06. The van der Waals surface area contributed by atoms with Gasteiger partial charge >= 0.3 is 0 Å². The number of benzene rings is 1. The smallest absolute Gasteiger partial charge is 0.258 e. The average Bonchev–Trinajstić information content (AvgIpc) is 3.21. The third-order valence-electron chi connectivity index (χ3n) is 6.10. The maximum absolute atomic E-state index is 13.1. The van der Waals surface area contributed by atoms with Crippen LogP contribution in [0.1, 0.15) is 29.9 Å². The maximum atomic E-state index is 13.1. The highest BCUT2D eigenvalue weighted by atomic mass is 35.5. The molecule has 31 heavy (non-hydrogen) atoms. The Morgan fingerprint density at radius 3 is 2.65 bits per heavy atom. The summed E-state index contributed by atoms with van der Waals surface area (Å²) in [5.74, 6) is -2.31. The third-order valence-corrected chi connectivity index (χ3v) is 6.33. The van der Waals surface area contributed by atoms with Gasteiger partial charge in [-0.25, -0.2) is 0 Å². The average molecular weight is 442 g/mol. The number of aromatic nitrogens is 2. The molecule has 0 radical (unpaired) electrons. The van der Waals surface area contributed by atoms with Crippen molar-refractivity contribution in [1.29, 1.82) is 5.26 Å². The van der Waals surface area contributed by atoms with E-state index in [4.69, 9.17) is 21.1 Å². The van der Waals surface area contributed by atoms with Crippen LogP contribution < -0.4 is 15.8 Å². The van der Waals surface area contributed by atoms with Crippen molar-refractivity contribution < 1.29 is 14.3 Å². The number of fused-ring (bicyclic) bond motifs is 1. The van der Waals surface area contributed by atoms with Gasteiger partial charge in [0.2, 0.25) is 11.9 Å². The molecule has 0 saturated carbocycles. The molecule has 0 aliphatic carbocycles. The van der Waals surface area contributed by atoms with Gasteiger partial charge in [-0.3, -0.25) is 14.6 Å². The van der Waals surface area contributed by atoms with Gasteiger partial charge in [-0.05, 0) is 17.7 Å². The number of ether oxygens (including phenoxy) is 2. The molecule has 2 unspecified atom stereocenters. The summed E-state index contributed by atoms with van der Waals surface area (Å²) >= 11 is 6.12. The van der Waals surface area contributed by atoms with Crippen molar-refractivity contribution in [3.8, 4) is 6.07 Å². The van der Waals surface area contributed by atoms with Gasteiger partial charge in [0.15, 0.2) is 5.79 Å². The molecule has 0 bridgehead atoms. The van der Waals surface area contributed by atoms with E-state index in [1.54, 1.807) is 24.3 Å². The predicted molar refractivity (Wildman–Crippen MR) is 112 cm³/mol. The van der Waals surface area contributed by atoms with Crippen molar-refractivity contribution >= 4 is 29.3 Å². The lowest BCUT2D eigenvalue weighted by atomic mass is 9.79. The van der Waals surface area contributed by atoms with E-state index >= 15 is 0 Å². The fourth-order valence-corrected chi connectivity index (χ4v) is 4.75. The molecule has 3 aliphatic heterocycles. The number of amides is 1. The Bertz CT molecular complexity index is 1130. The first kappa shape index (κ1) is 20.0. The summed E-state index contributed by atoms with van der Waals surface area (Å²) in [6.07, 6.45) is 1.31. The summed E-state index contributed by atoms with van der Waals surface area (Å²) in [4.78, 5) is 35.1. The number of nitriles is 1. The number of carbonyl (C=O) groups is 1. The number of hydrogen-bond acceptors (Lipinski definition) is 7. The Hall–Kier alpha value is -2.93. The molecule has 9 nitrogen and oxygen atoms in total. The number of nitrogens with zero attached hydrogens (tertiary/aromatic N) is 3. The number of H-pyrrole nitrogens is 1. The molecule has 4 heterocycles. The zero-order valence-electron chi connectivity index (χ0n) is 16.6. The molecule has 5 rings (SSSR count). The Labute approximate surface area is 182 Å². The largest absolute Gasteiger partial charge is 0.347 e.